The second kappa shape index (κ2) is 6.76. The van der Waals surface area contributed by atoms with Gasteiger partial charge in [0.25, 0.3) is 5.91 Å². The van der Waals surface area contributed by atoms with Crippen LogP contribution in [0.4, 0.5) is 5.82 Å². The highest BCUT2D eigenvalue weighted by Crippen LogP contribution is 2.23. The van der Waals surface area contributed by atoms with Crippen molar-refractivity contribution >= 4 is 23.1 Å². The Labute approximate surface area is 145 Å². The average Bonchev–Trinajstić information content (AvgIpc) is 3.36. The number of ether oxygens (including phenoxy) is 1. The zero-order valence-electron chi connectivity index (χ0n) is 13.4. The first kappa shape index (κ1) is 15.4. The number of rotatable bonds is 4. The molecule has 2 aromatic rings. The fourth-order valence-corrected chi connectivity index (χ4v) is 3.89. The van der Waals surface area contributed by atoms with Crippen molar-refractivity contribution in [3.63, 3.8) is 0 Å². The molecule has 7 heteroatoms. The molecule has 0 bridgehead atoms. The first-order chi connectivity index (χ1) is 11.8. The van der Waals surface area contributed by atoms with Crippen LogP contribution in [0.25, 0.3) is 0 Å². The molecular formula is C17H20N4O2S. The quantitative estimate of drug-likeness (QED) is 0.853. The monoisotopic (exact) mass is 344 g/mol. The zero-order chi connectivity index (χ0) is 16.4. The molecule has 2 fully saturated rings. The van der Waals surface area contributed by atoms with Crippen molar-refractivity contribution in [3.05, 3.63) is 34.8 Å². The molecule has 0 aliphatic carbocycles. The number of anilines is 1. The van der Waals surface area contributed by atoms with Crippen LogP contribution in [0.5, 0.6) is 5.88 Å². The van der Waals surface area contributed by atoms with E-state index < -0.39 is 0 Å². The van der Waals surface area contributed by atoms with Gasteiger partial charge in [-0.3, -0.25) is 4.79 Å². The Kier molecular flexibility index (Phi) is 4.34. The molecule has 2 saturated heterocycles. The SMILES string of the molecule is O=C(c1ccsc1)N1CC[C@@H](Oc2cc(N3CCCC3)ncn2)C1. The van der Waals surface area contributed by atoms with E-state index in [1.165, 1.54) is 12.8 Å². The van der Waals surface area contributed by atoms with Gasteiger partial charge in [-0.05, 0) is 24.3 Å². The number of likely N-dealkylation sites (tertiary alicyclic amines) is 1. The van der Waals surface area contributed by atoms with E-state index in [9.17, 15) is 4.79 Å². The molecule has 126 valence electrons. The van der Waals surface area contributed by atoms with Crippen LogP contribution in [0, 0.1) is 0 Å². The maximum atomic E-state index is 12.4. The molecule has 1 atom stereocenters. The minimum absolute atomic E-state index is 0.00564. The van der Waals surface area contributed by atoms with Gasteiger partial charge in [0.2, 0.25) is 5.88 Å². The Morgan fingerprint density at radius 3 is 2.92 bits per heavy atom. The minimum Gasteiger partial charge on any atom is -0.472 e. The van der Waals surface area contributed by atoms with Gasteiger partial charge in [-0.2, -0.15) is 11.3 Å². The third-order valence-corrected chi connectivity index (χ3v) is 5.23. The van der Waals surface area contributed by atoms with Crippen molar-refractivity contribution in [2.45, 2.75) is 25.4 Å². The van der Waals surface area contributed by atoms with Gasteiger partial charge in [0.05, 0.1) is 12.1 Å². The average molecular weight is 344 g/mol. The van der Waals surface area contributed by atoms with Gasteiger partial charge >= 0.3 is 0 Å². The van der Waals surface area contributed by atoms with E-state index in [1.807, 2.05) is 27.8 Å². The van der Waals surface area contributed by atoms with E-state index in [1.54, 1.807) is 17.7 Å². The summed E-state index contributed by atoms with van der Waals surface area (Å²) in [6.07, 6.45) is 4.81. The zero-order valence-corrected chi connectivity index (χ0v) is 14.2. The Morgan fingerprint density at radius 1 is 1.25 bits per heavy atom. The number of aromatic nitrogens is 2. The molecule has 0 radical (unpaired) electrons. The van der Waals surface area contributed by atoms with E-state index >= 15 is 0 Å². The van der Waals surface area contributed by atoms with E-state index in [0.29, 0.717) is 12.4 Å². The molecule has 1 amide bonds. The Bertz CT molecular complexity index is 700. The van der Waals surface area contributed by atoms with Gasteiger partial charge < -0.3 is 14.5 Å². The van der Waals surface area contributed by atoms with Gasteiger partial charge in [0, 0.05) is 37.5 Å². The number of carbonyl (C=O) groups excluding carboxylic acids is 1. The van der Waals surface area contributed by atoms with E-state index in [-0.39, 0.29) is 12.0 Å². The third kappa shape index (κ3) is 3.21. The molecule has 24 heavy (non-hydrogen) atoms. The second-order valence-corrected chi connectivity index (χ2v) is 6.98. The molecule has 2 aliphatic rings. The van der Waals surface area contributed by atoms with Crippen molar-refractivity contribution in [2.75, 3.05) is 31.1 Å². The highest BCUT2D eigenvalue weighted by atomic mass is 32.1. The first-order valence-corrected chi connectivity index (χ1v) is 9.29. The molecule has 2 aliphatic heterocycles. The van der Waals surface area contributed by atoms with Crippen LogP contribution in [-0.4, -0.2) is 53.1 Å². The maximum Gasteiger partial charge on any atom is 0.254 e. The number of nitrogens with zero attached hydrogens (tertiary/aromatic N) is 4. The lowest BCUT2D eigenvalue weighted by molar-refractivity contribution is 0.0771. The summed E-state index contributed by atoms with van der Waals surface area (Å²) in [5.41, 5.74) is 0.763. The smallest absolute Gasteiger partial charge is 0.254 e. The summed E-state index contributed by atoms with van der Waals surface area (Å²) in [5, 5.41) is 3.82. The van der Waals surface area contributed by atoms with Gasteiger partial charge in [0.1, 0.15) is 18.2 Å². The molecule has 0 saturated carbocycles. The van der Waals surface area contributed by atoms with Crippen LogP contribution in [0.1, 0.15) is 29.6 Å². The Morgan fingerprint density at radius 2 is 2.12 bits per heavy atom. The molecule has 0 N–H and O–H groups in total. The summed E-state index contributed by atoms with van der Waals surface area (Å²) in [5.74, 6) is 1.62. The third-order valence-electron chi connectivity index (χ3n) is 4.55. The number of amides is 1. The summed E-state index contributed by atoms with van der Waals surface area (Å²) >= 11 is 1.54. The normalized spacial score (nSPS) is 20.6. The Hall–Kier alpha value is -2.15. The number of hydrogen-bond donors (Lipinski definition) is 0. The van der Waals surface area contributed by atoms with Crippen molar-refractivity contribution in [2.24, 2.45) is 0 Å². The summed E-state index contributed by atoms with van der Waals surface area (Å²) in [6, 6.07) is 3.78. The summed E-state index contributed by atoms with van der Waals surface area (Å²) in [7, 11) is 0. The van der Waals surface area contributed by atoms with Crippen LogP contribution in [-0.2, 0) is 0 Å². The van der Waals surface area contributed by atoms with Gasteiger partial charge in [-0.1, -0.05) is 0 Å². The van der Waals surface area contributed by atoms with E-state index in [4.69, 9.17) is 4.74 Å². The lowest BCUT2D eigenvalue weighted by Gasteiger charge is -2.18. The van der Waals surface area contributed by atoms with Crippen LogP contribution in [0.3, 0.4) is 0 Å². The molecule has 0 spiro atoms. The first-order valence-electron chi connectivity index (χ1n) is 8.35. The molecule has 4 rings (SSSR count). The molecule has 4 heterocycles. The van der Waals surface area contributed by atoms with Crippen LogP contribution in [0.2, 0.25) is 0 Å². The maximum absolute atomic E-state index is 12.4. The lowest BCUT2D eigenvalue weighted by Crippen LogP contribution is -2.30. The van der Waals surface area contributed by atoms with Crippen LogP contribution >= 0.6 is 11.3 Å². The van der Waals surface area contributed by atoms with Crippen LogP contribution < -0.4 is 9.64 Å². The van der Waals surface area contributed by atoms with Gasteiger partial charge in [-0.25, -0.2) is 9.97 Å². The van der Waals surface area contributed by atoms with Gasteiger partial charge in [-0.15, -0.1) is 0 Å². The lowest BCUT2D eigenvalue weighted by atomic mass is 10.3. The molecule has 0 aromatic carbocycles. The van der Waals surface area contributed by atoms with Gasteiger partial charge in [0.15, 0.2) is 0 Å². The second-order valence-electron chi connectivity index (χ2n) is 6.20. The minimum atomic E-state index is -0.00564. The molecular weight excluding hydrogens is 324 g/mol. The molecule has 0 unspecified atom stereocenters. The predicted octanol–water partition coefficient (Wildman–Crippen LogP) is 2.43. The summed E-state index contributed by atoms with van der Waals surface area (Å²) in [4.78, 5) is 25.1. The topological polar surface area (TPSA) is 58.6 Å². The highest BCUT2D eigenvalue weighted by molar-refractivity contribution is 7.08. The van der Waals surface area contributed by atoms with E-state index in [2.05, 4.69) is 14.9 Å². The number of carbonyl (C=O) groups is 1. The van der Waals surface area contributed by atoms with Crippen molar-refractivity contribution in [1.82, 2.24) is 14.9 Å². The predicted molar refractivity (Wildman–Crippen MR) is 92.7 cm³/mol. The largest absolute Gasteiger partial charge is 0.472 e. The van der Waals surface area contributed by atoms with Crippen LogP contribution in [0.15, 0.2) is 29.2 Å². The van der Waals surface area contributed by atoms with Crippen molar-refractivity contribution in [1.29, 1.82) is 0 Å². The molecule has 6 nitrogen and oxygen atoms in total. The fourth-order valence-electron chi connectivity index (χ4n) is 3.26. The summed E-state index contributed by atoms with van der Waals surface area (Å²) in [6.45, 7) is 3.42. The summed E-state index contributed by atoms with van der Waals surface area (Å²) < 4.78 is 6.00. The molecule has 2 aromatic heterocycles. The van der Waals surface area contributed by atoms with Crippen molar-refractivity contribution in [3.8, 4) is 5.88 Å². The Balaban J connectivity index is 1.38. The fraction of sp³-hybridized carbons (Fsp3) is 0.471. The number of hydrogen-bond acceptors (Lipinski definition) is 6. The van der Waals surface area contributed by atoms with E-state index in [0.717, 1.165) is 37.4 Å². The highest BCUT2D eigenvalue weighted by Gasteiger charge is 2.29. The standard InChI is InChI=1S/C17H20N4O2S/c22-17(13-4-8-24-11-13)21-7-3-14(10-21)23-16-9-15(18-12-19-16)20-5-1-2-6-20/h4,8-9,11-12,14H,1-3,5-7,10H2/t14-/m1/s1. The van der Waals surface area contributed by atoms with Crippen molar-refractivity contribution < 1.29 is 9.53 Å². The number of thiophene rings is 1.